The van der Waals surface area contributed by atoms with E-state index in [1.54, 1.807) is 0 Å². The normalized spacial score (nSPS) is 11.5. The van der Waals surface area contributed by atoms with Gasteiger partial charge in [-0.2, -0.15) is 0 Å². The summed E-state index contributed by atoms with van der Waals surface area (Å²) in [7, 11) is 0. The Morgan fingerprint density at radius 2 is 1.32 bits per heavy atom. The zero-order valence-electron chi connectivity index (χ0n) is 18.5. The van der Waals surface area contributed by atoms with Gasteiger partial charge in [0.2, 0.25) is 0 Å². The van der Waals surface area contributed by atoms with E-state index in [1.165, 1.54) is 32.7 Å². The standard InChI is InChI=1S/C31H21N3/c1-2-8-24(9-3-1)33-21-19-23-15-18-27-26-10-4-5-12-29(26)34(31(27)30(23)33)25-16-13-22(14-17-25)28-11-6-7-20-32-28/h1-21H. The molecule has 0 spiro atoms. The number of rotatable bonds is 3. The van der Waals surface area contributed by atoms with Crippen LogP contribution in [-0.4, -0.2) is 14.1 Å². The zero-order valence-corrected chi connectivity index (χ0v) is 18.5. The monoisotopic (exact) mass is 435 g/mol. The second-order valence-corrected chi connectivity index (χ2v) is 8.54. The molecule has 7 rings (SSSR count). The van der Waals surface area contributed by atoms with E-state index in [-0.39, 0.29) is 0 Å². The van der Waals surface area contributed by atoms with Crippen LogP contribution >= 0.6 is 0 Å². The number of para-hydroxylation sites is 2. The van der Waals surface area contributed by atoms with Crippen molar-refractivity contribution in [3.05, 3.63) is 128 Å². The van der Waals surface area contributed by atoms with Crippen LogP contribution in [-0.2, 0) is 0 Å². The van der Waals surface area contributed by atoms with E-state index in [0.717, 1.165) is 22.6 Å². The van der Waals surface area contributed by atoms with Gasteiger partial charge in [0.25, 0.3) is 0 Å². The fraction of sp³-hybridized carbons (Fsp3) is 0. The Morgan fingerprint density at radius 1 is 0.529 bits per heavy atom. The second kappa shape index (κ2) is 7.46. The average Bonchev–Trinajstić information content (AvgIpc) is 3.49. The maximum atomic E-state index is 4.51. The molecule has 0 saturated carbocycles. The quantitative estimate of drug-likeness (QED) is 0.278. The first kappa shape index (κ1) is 18.9. The molecule has 0 atom stereocenters. The molecule has 160 valence electrons. The Balaban J connectivity index is 1.55. The summed E-state index contributed by atoms with van der Waals surface area (Å²) in [4.78, 5) is 4.51. The van der Waals surface area contributed by atoms with Crippen molar-refractivity contribution in [1.82, 2.24) is 14.1 Å². The van der Waals surface area contributed by atoms with Crippen LogP contribution in [0.3, 0.4) is 0 Å². The number of pyridine rings is 1. The van der Waals surface area contributed by atoms with Crippen LogP contribution < -0.4 is 0 Å². The molecule has 3 aromatic heterocycles. The van der Waals surface area contributed by atoms with Gasteiger partial charge < -0.3 is 9.13 Å². The van der Waals surface area contributed by atoms with Gasteiger partial charge in [-0.15, -0.1) is 0 Å². The molecular weight excluding hydrogens is 414 g/mol. The molecule has 0 radical (unpaired) electrons. The van der Waals surface area contributed by atoms with Crippen molar-refractivity contribution in [3.8, 4) is 22.6 Å². The molecule has 3 heteroatoms. The van der Waals surface area contributed by atoms with Crippen molar-refractivity contribution in [1.29, 1.82) is 0 Å². The Kier molecular flexibility index (Phi) is 4.15. The molecule has 0 N–H and O–H groups in total. The highest BCUT2D eigenvalue weighted by atomic mass is 15.0. The SMILES string of the molecule is c1ccc(-n2ccc3ccc4c5ccccc5n(-c5ccc(-c6ccccn6)cc5)c4c32)cc1. The molecule has 0 aliphatic rings. The summed E-state index contributed by atoms with van der Waals surface area (Å²) in [5.41, 5.74) is 8.04. The van der Waals surface area contributed by atoms with Crippen molar-refractivity contribution >= 4 is 32.7 Å². The molecule has 3 nitrogen and oxygen atoms in total. The Labute approximate surface area is 197 Å². The van der Waals surface area contributed by atoms with Crippen LogP contribution in [0.5, 0.6) is 0 Å². The fourth-order valence-corrected chi connectivity index (χ4v) is 5.06. The zero-order chi connectivity index (χ0) is 22.5. The lowest BCUT2D eigenvalue weighted by Gasteiger charge is -2.12. The largest absolute Gasteiger partial charge is 0.315 e. The third kappa shape index (κ3) is 2.81. The van der Waals surface area contributed by atoms with Crippen molar-refractivity contribution in [2.75, 3.05) is 0 Å². The van der Waals surface area contributed by atoms with Gasteiger partial charge in [0.15, 0.2) is 0 Å². The molecule has 0 fully saturated rings. The maximum Gasteiger partial charge on any atom is 0.0788 e. The van der Waals surface area contributed by atoms with Crippen LogP contribution in [0.15, 0.2) is 128 Å². The smallest absolute Gasteiger partial charge is 0.0788 e. The number of hydrogen-bond acceptors (Lipinski definition) is 1. The molecule has 0 amide bonds. The van der Waals surface area contributed by atoms with E-state index in [4.69, 9.17) is 0 Å². The van der Waals surface area contributed by atoms with Gasteiger partial charge in [0.05, 0.1) is 22.2 Å². The maximum absolute atomic E-state index is 4.51. The summed E-state index contributed by atoms with van der Waals surface area (Å²) in [6, 6.07) is 40.7. The molecule has 7 aromatic rings. The molecule has 0 bridgehead atoms. The minimum Gasteiger partial charge on any atom is -0.315 e. The topological polar surface area (TPSA) is 22.8 Å². The summed E-state index contributed by atoms with van der Waals surface area (Å²) in [6.07, 6.45) is 4.01. The van der Waals surface area contributed by atoms with E-state index in [2.05, 4.69) is 117 Å². The predicted octanol–water partition coefficient (Wildman–Crippen LogP) is 7.79. The first-order valence-corrected chi connectivity index (χ1v) is 11.5. The number of hydrogen-bond donors (Lipinski definition) is 0. The van der Waals surface area contributed by atoms with E-state index < -0.39 is 0 Å². The van der Waals surface area contributed by atoms with Gasteiger partial charge in [0, 0.05) is 45.5 Å². The molecule has 3 heterocycles. The summed E-state index contributed by atoms with van der Waals surface area (Å²) in [5.74, 6) is 0. The van der Waals surface area contributed by atoms with Crippen molar-refractivity contribution in [3.63, 3.8) is 0 Å². The van der Waals surface area contributed by atoms with Crippen LogP contribution in [0.4, 0.5) is 0 Å². The summed E-state index contributed by atoms with van der Waals surface area (Å²) in [6.45, 7) is 0. The summed E-state index contributed by atoms with van der Waals surface area (Å²) >= 11 is 0. The first-order valence-electron chi connectivity index (χ1n) is 11.5. The van der Waals surface area contributed by atoms with Crippen molar-refractivity contribution in [2.45, 2.75) is 0 Å². The number of benzene rings is 4. The van der Waals surface area contributed by atoms with Gasteiger partial charge in [-0.05, 0) is 48.5 Å². The van der Waals surface area contributed by atoms with Crippen molar-refractivity contribution in [2.24, 2.45) is 0 Å². The lowest BCUT2D eigenvalue weighted by molar-refractivity contribution is 1.12. The Bertz CT molecular complexity index is 1770. The Morgan fingerprint density at radius 3 is 2.15 bits per heavy atom. The van der Waals surface area contributed by atoms with Crippen LogP contribution in [0, 0.1) is 0 Å². The van der Waals surface area contributed by atoms with Crippen molar-refractivity contribution < 1.29 is 0 Å². The average molecular weight is 436 g/mol. The number of fused-ring (bicyclic) bond motifs is 5. The van der Waals surface area contributed by atoms with E-state index in [1.807, 2.05) is 24.4 Å². The second-order valence-electron chi connectivity index (χ2n) is 8.54. The number of aromatic nitrogens is 3. The van der Waals surface area contributed by atoms with Crippen LogP contribution in [0.2, 0.25) is 0 Å². The minimum absolute atomic E-state index is 0.983. The molecule has 0 aliphatic carbocycles. The third-order valence-corrected chi connectivity index (χ3v) is 6.61. The van der Waals surface area contributed by atoms with Gasteiger partial charge in [-0.3, -0.25) is 4.98 Å². The molecule has 0 aliphatic heterocycles. The molecule has 0 saturated heterocycles. The first-order chi connectivity index (χ1) is 16.9. The highest BCUT2D eigenvalue weighted by Crippen LogP contribution is 2.38. The summed E-state index contributed by atoms with van der Waals surface area (Å²) < 4.78 is 4.70. The highest BCUT2D eigenvalue weighted by molar-refractivity contribution is 6.18. The highest BCUT2D eigenvalue weighted by Gasteiger charge is 2.17. The molecule has 4 aromatic carbocycles. The predicted molar refractivity (Wildman–Crippen MR) is 141 cm³/mol. The lowest BCUT2D eigenvalue weighted by Crippen LogP contribution is -1.98. The van der Waals surface area contributed by atoms with Gasteiger partial charge >= 0.3 is 0 Å². The lowest BCUT2D eigenvalue weighted by atomic mass is 10.1. The van der Waals surface area contributed by atoms with Gasteiger partial charge in [-0.25, -0.2) is 0 Å². The van der Waals surface area contributed by atoms with Crippen LogP contribution in [0.1, 0.15) is 0 Å². The van der Waals surface area contributed by atoms with Crippen LogP contribution in [0.25, 0.3) is 55.3 Å². The Hall–Kier alpha value is -4.63. The number of nitrogens with zero attached hydrogens (tertiary/aromatic N) is 3. The molecular formula is C31H21N3. The molecule has 34 heavy (non-hydrogen) atoms. The van der Waals surface area contributed by atoms with E-state index in [0.29, 0.717) is 0 Å². The minimum atomic E-state index is 0.983. The van der Waals surface area contributed by atoms with Gasteiger partial charge in [-0.1, -0.05) is 66.7 Å². The van der Waals surface area contributed by atoms with E-state index >= 15 is 0 Å². The fourth-order valence-electron chi connectivity index (χ4n) is 5.06. The van der Waals surface area contributed by atoms with Gasteiger partial charge in [0.1, 0.15) is 0 Å². The third-order valence-electron chi connectivity index (χ3n) is 6.61. The van der Waals surface area contributed by atoms with E-state index in [9.17, 15) is 0 Å². The molecule has 0 unspecified atom stereocenters. The summed E-state index contributed by atoms with van der Waals surface area (Å²) in [5, 5.41) is 3.74.